The summed E-state index contributed by atoms with van der Waals surface area (Å²) in [5.74, 6) is 1.86. The summed E-state index contributed by atoms with van der Waals surface area (Å²) < 4.78 is 5.66. The van der Waals surface area contributed by atoms with Crippen LogP contribution in [-0.4, -0.2) is 67.7 Å². The Kier molecular flexibility index (Phi) is 10.4. The number of hydrogen-bond donors (Lipinski definition) is 2. The monoisotopic (exact) mass is 489 g/mol. The fourth-order valence-electron chi connectivity index (χ4n) is 3.17. The highest BCUT2D eigenvalue weighted by molar-refractivity contribution is 14.0. The molecule has 154 valence electrons. The van der Waals surface area contributed by atoms with Gasteiger partial charge in [0.1, 0.15) is 5.75 Å². The largest absolute Gasteiger partial charge is 0.491 e. The first-order valence-corrected chi connectivity index (χ1v) is 9.61. The molecule has 1 aliphatic rings. The first kappa shape index (κ1) is 24.0. The van der Waals surface area contributed by atoms with Crippen LogP contribution in [0.3, 0.4) is 0 Å². The number of nitrogens with two attached hydrogens (primary N) is 1. The van der Waals surface area contributed by atoms with Crippen molar-refractivity contribution in [3.63, 3.8) is 0 Å². The van der Waals surface area contributed by atoms with Crippen LogP contribution in [0.15, 0.2) is 29.3 Å². The number of hydrogen-bond acceptors (Lipinski definition) is 4. The van der Waals surface area contributed by atoms with E-state index in [-0.39, 0.29) is 30.1 Å². The predicted octanol–water partition coefficient (Wildman–Crippen LogP) is 3.09. The van der Waals surface area contributed by atoms with Crippen molar-refractivity contribution in [2.24, 2.45) is 16.6 Å². The number of aliphatic imine (C=N–C) groups is 1. The van der Waals surface area contributed by atoms with Crippen LogP contribution in [0.2, 0.25) is 0 Å². The van der Waals surface area contributed by atoms with E-state index in [0.29, 0.717) is 17.9 Å². The number of rotatable bonds is 7. The summed E-state index contributed by atoms with van der Waals surface area (Å²) in [6.45, 7) is 13.7. The molecular weight excluding hydrogens is 453 g/mol. The maximum atomic E-state index is 6.11. The molecule has 7 heteroatoms. The van der Waals surface area contributed by atoms with Gasteiger partial charge in [0.2, 0.25) is 0 Å². The van der Waals surface area contributed by atoms with E-state index >= 15 is 0 Å². The van der Waals surface area contributed by atoms with E-state index in [2.05, 4.69) is 41.0 Å². The third kappa shape index (κ3) is 8.23. The van der Waals surface area contributed by atoms with E-state index in [0.717, 1.165) is 44.2 Å². The first-order valence-electron chi connectivity index (χ1n) is 9.61. The van der Waals surface area contributed by atoms with Crippen LogP contribution in [-0.2, 0) is 0 Å². The molecule has 1 aliphatic heterocycles. The van der Waals surface area contributed by atoms with E-state index in [1.54, 1.807) is 0 Å². The molecule has 0 radical (unpaired) electrons. The fourth-order valence-corrected chi connectivity index (χ4v) is 3.17. The molecule has 2 rings (SSSR count). The van der Waals surface area contributed by atoms with Crippen molar-refractivity contribution in [3.8, 4) is 5.75 Å². The molecule has 0 spiro atoms. The predicted molar refractivity (Wildman–Crippen MR) is 125 cm³/mol. The second-order valence-electron chi connectivity index (χ2n) is 7.69. The van der Waals surface area contributed by atoms with E-state index in [1.165, 1.54) is 0 Å². The van der Waals surface area contributed by atoms with Gasteiger partial charge in [0.25, 0.3) is 0 Å². The number of benzene rings is 1. The second kappa shape index (κ2) is 11.7. The van der Waals surface area contributed by atoms with Gasteiger partial charge in [0.15, 0.2) is 5.96 Å². The zero-order valence-corrected chi connectivity index (χ0v) is 19.6. The lowest BCUT2D eigenvalue weighted by atomic mass is 10.0. The van der Waals surface area contributed by atoms with Gasteiger partial charge in [-0.25, -0.2) is 0 Å². The van der Waals surface area contributed by atoms with Crippen LogP contribution >= 0.6 is 24.0 Å². The SMILES string of the molecule is CC(C)Oc1ccc(NC(N)=NCC(C(C)C)N2CCN(C)CC2)cc1.I. The maximum absolute atomic E-state index is 6.11. The molecule has 0 aliphatic carbocycles. The Morgan fingerprint density at radius 3 is 2.22 bits per heavy atom. The molecule has 1 heterocycles. The smallest absolute Gasteiger partial charge is 0.193 e. The summed E-state index contributed by atoms with van der Waals surface area (Å²) >= 11 is 0. The van der Waals surface area contributed by atoms with Gasteiger partial charge >= 0.3 is 0 Å². The molecule has 27 heavy (non-hydrogen) atoms. The van der Waals surface area contributed by atoms with Crippen LogP contribution < -0.4 is 15.8 Å². The summed E-state index contributed by atoms with van der Waals surface area (Å²) in [6.07, 6.45) is 0.169. The van der Waals surface area contributed by atoms with Crippen LogP contribution in [0.1, 0.15) is 27.7 Å². The standard InChI is InChI=1S/C20H35N5O.HI/c1-15(2)19(25-12-10-24(5)11-13-25)14-22-20(21)23-17-6-8-18(9-7-17)26-16(3)4;/h6-9,15-16,19H,10-14H2,1-5H3,(H3,21,22,23);1H. The second-order valence-corrected chi connectivity index (χ2v) is 7.69. The molecule has 1 aromatic rings. The van der Waals surface area contributed by atoms with Crippen LogP contribution in [0.4, 0.5) is 5.69 Å². The molecule has 6 nitrogen and oxygen atoms in total. The van der Waals surface area contributed by atoms with Gasteiger partial charge in [-0.05, 0) is 51.1 Å². The molecule has 1 saturated heterocycles. The summed E-state index contributed by atoms with van der Waals surface area (Å²) in [5.41, 5.74) is 7.02. The lowest BCUT2D eigenvalue weighted by molar-refractivity contribution is 0.0926. The fraction of sp³-hybridized carbons (Fsp3) is 0.650. The van der Waals surface area contributed by atoms with E-state index in [1.807, 2.05) is 38.1 Å². The molecule has 0 amide bonds. The van der Waals surface area contributed by atoms with Gasteiger partial charge in [-0.15, -0.1) is 24.0 Å². The Labute approximate surface area is 181 Å². The van der Waals surface area contributed by atoms with Crippen molar-refractivity contribution < 1.29 is 4.74 Å². The number of likely N-dealkylation sites (N-methyl/N-ethyl adjacent to an activating group) is 1. The van der Waals surface area contributed by atoms with Gasteiger partial charge in [0.05, 0.1) is 12.6 Å². The van der Waals surface area contributed by atoms with E-state index < -0.39 is 0 Å². The molecule has 1 unspecified atom stereocenters. The Hall–Kier alpha value is -1.06. The van der Waals surface area contributed by atoms with Crippen LogP contribution in [0.5, 0.6) is 5.75 Å². The minimum absolute atomic E-state index is 0. The lowest BCUT2D eigenvalue weighted by Gasteiger charge is -2.39. The van der Waals surface area contributed by atoms with E-state index in [9.17, 15) is 0 Å². The van der Waals surface area contributed by atoms with Crippen molar-refractivity contribution in [2.75, 3.05) is 45.1 Å². The van der Waals surface area contributed by atoms with Gasteiger partial charge in [-0.1, -0.05) is 13.8 Å². The van der Waals surface area contributed by atoms with Gasteiger partial charge in [-0.2, -0.15) is 0 Å². The van der Waals surface area contributed by atoms with Crippen LogP contribution in [0, 0.1) is 5.92 Å². The average Bonchev–Trinajstić information content (AvgIpc) is 2.57. The Morgan fingerprint density at radius 1 is 1.11 bits per heavy atom. The maximum Gasteiger partial charge on any atom is 0.193 e. The highest BCUT2D eigenvalue weighted by Crippen LogP contribution is 2.17. The zero-order chi connectivity index (χ0) is 19.1. The van der Waals surface area contributed by atoms with Crippen molar-refractivity contribution >= 4 is 35.6 Å². The third-order valence-electron chi connectivity index (χ3n) is 4.72. The number of nitrogens with one attached hydrogen (secondary N) is 1. The van der Waals surface area contributed by atoms with Crippen molar-refractivity contribution in [1.29, 1.82) is 0 Å². The lowest BCUT2D eigenvalue weighted by Crippen LogP contribution is -2.51. The van der Waals surface area contributed by atoms with Crippen LogP contribution in [0.25, 0.3) is 0 Å². The van der Waals surface area contributed by atoms with Gasteiger partial charge in [-0.3, -0.25) is 9.89 Å². The molecule has 0 aromatic heterocycles. The molecule has 3 N–H and O–H groups in total. The summed E-state index contributed by atoms with van der Waals surface area (Å²) in [5, 5.41) is 3.17. The molecule has 0 saturated carbocycles. The first-order chi connectivity index (χ1) is 12.3. The zero-order valence-electron chi connectivity index (χ0n) is 17.3. The van der Waals surface area contributed by atoms with Gasteiger partial charge < -0.3 is 20.7 Å². The number of guanidine groups is 1. The summed E-state index contributed by atoms with van der Waals surface area (Å²) in [7, 11) is 2.18. The van der Waals surface area contributed by atoms with E-state index in [4.69, 9.17) is 10.5 Å². The highest BCUT2D eigenvalue weighted by atomic mass is 127. The minimum Gasteiger partial charge on any atom is -0.491 e. The number of anilines is 1. The highest BCUT2D eigenvalue weighted by Gasteiger charge is 2.24. The number of halogens is 1. The topological polar surface area (TPSA) is 66.1 Å². The summed E-state index contributed by atoms with van der Waals surface area (Å²) in [4.78, 5) is 9.52. The van der Waals surface area contributed by atoms with Crippen molar-refractivity contribution in [2.45, 2.75) is 39.8 Å². The summed E-state index contributed by atoms with van der Waals surface area (Å²) in [6, 6.07) is 8.22. The van der Waals surface area contributed by atoms with Gasteiger partial charge in [0, 0.05) is 37.9 Å². The number of piperazine rings is 1. The van der Waals surface area contributed by atoms with Crippen molar-refractivity contribution in [1.82, 2.24) is 9.80 Å². The Morgan fingerprint density at radius 2 is 1.70 bits per heavy atom. The number of nitrogens with zero attached hydrogens (tertiary/aromatic N) is 3. The minimum atomic E-state index is 0. The Balaban J connectivity index is 0.00000364. The molecule has 1 aromatic carbocycles. The molecule has 1 fully saturated rings. The Bertz CT molecular complexity index is 568. The normalized spacial score (nSPS) is 17.7. The average molecular weight is 489 g/mol. The third-order valence-corrected chi connectivity index (χ3v) is 4.72. The number of ether oxygens (including phenoxy) is 1. The molecule has 0 bridgehead atoms. The quantitative estimate of drug-likeness (QED) is 0.350. The molecule has 1 atom stereocenters. The molecular formula is C20H36IN5O. The van der Waals surface area contributed by atoms with Crippen molar-refractivity contribution in [3.05, 3.63) is 24.3 Å².